The first kappa shape index (κ1) is 25.6. The fourth-order valence-electron chi connectivity index (χ4n) is 5.26. The third-order valence-electron chi connectivity index (χ3n) is 7.11. The van der Waals surface area contributed by atoms with Crippen molar-refractivity contribution in [2.75, 3.05) is 13.1 Å². The van der Waals surface area contributed by atoms with Gasteiger partial charge in [0, 0.05) is 43.1 Å². The maximum atomic E-state index is 13.6. The molecule has 0 bridgehead atoms. The average Bonchev–Trinajstić information content (AvgIpc) is 3.46. The Balaban J connectivity index is 1.40. The number of amides is 2. The van der Waals surface area contributed by atoms with Crippen molar-refractivity contribution in [2.45, 2.75) is 52.1 Å². The van der Waals surface area contributed by atoms with Crippen LogP contribution in [0.15, 0.2) is 54.9 Å². The van der Waals surface area contributed by atoms with Crippen LogP contribution in [0.1, 0.15) is 55.7 Å². The Morgan fingerprint density at radius 2 is 1.89 bits per heavy atom. The summed E-state index contributed by atoms with van der Waals surface area (Å²) < 4.78 is 29.1. The van der Waals surface area contributed by atoms with Crippen molar-refractivity contribution >= 4 is 17.5 Å². The number of halogens is 2. The number of aromatic nitrogens is 4. The predicted molar refractivity (Wildman–Crippen MR) is 139 cm³/mol. The SMILES string of the molecule is Cc1cc(C(=O)N[C@@H]2CCN(C(=O)c3cc(C)c4ncc(C)n4c3)C[C@@H]2c2ccccc2)n(CC(F)F)n1. The highest BCUT2D eigenvalue weighted by Gasteiger charge is 2.35. The molecule has 2 atom stereocenters. The number of piperidine rings is 1. The van der Waals surface area contributed by atoms with Crippen LogP contribution in [0.5, 0.6) is 0 Å². The van der Waals surface area contributed by atoms with Gasteiger partial charge in [-0.15, -0.1) is 0 Å². The molecule has 198 valence electrons. The van der Waals surface area contributed by atoms with Crippen LogP contribution >= 0.6 is 0 Å². The van der Waals surface area contributed by atoms with Crippen molar-refractivity contribution in [1.29, 1.82) is 0 Å². The summed E-state index contributed by atoms with van der Waals surface area (Å²) in [6, 6.07) is 12.8. The van der Waals surface area contributed by atoms with Crippen LogP contribution in [0, 0.1) is 20.8 Å². The molecule has 1 aliphatic rings. The van der Waals surface area contributed by atoms with E-state index in [1.165, 1.54) is 6.07 Å². The maximum absolute atomic E-state index is 13.6. The molecular weight excluding hydrogens is 490 g/mol. The van der Waals surface area contributed by atoms with E-state index < -0.39 is 18.9 Å². The number of rotatable bonds is 6. The average molecular weight is 521 g/mol. The molecule has 38 heavy (non-hydrogen) atoms. The van der Waals surface area contributed by atoms with Crippen molar-refractivity contribution < 1.29 is 18.4 Å². The Kier molecular flexibility index (Phi) is 6.96. The number of imidazole rings is 1. The number of hydrogen-bond donors (Lipinski definition) is 1. The Hall–Kier alpha value is -4.08. The number of nitrogens with one attached hydrogen (secondary N) is 1. The van der Waals surface area contributed by atoms with Gasteiger partial charge in [-0.05, 0) is 50.5 Å². The summed E-state index contributed by atoms with van der Waals surface area (Å²) in [6.45, 7) is 5.76. The molecule has 5 rings (SSSR count). The zero-order chi connectivity index (χ0) is 27.0. The minimum absolute atomic E-state index is 0.0838. The summed E-state index contributed by atoms with van der Waals surface area (Å²) in [5.41, 5.74) is 4.86. The van der Waals surface area contributed by atoms with Crippen LogP contribution in [0.2, 0.25) is 0 Å². The lowest BCUT2D eigenvalue weighted by Gasteiger charge is -2.39. The van der Waals surface area contributed by atoms with Crippen molar-refractivity contribution in [3.8, 4) is 0 Å². The largest absolute Gasteiger partial charge is 0.347 e. The molecule has 1 aromatic carbocycles. The van der Waals surface area contributed by atoms with Crippen molar-refractivity contribution in [3.05, 3.63) is 88.6 Å². The molecule has 1 saturated heterocycles. The molecule has 0 radical (unpaired) electrons. The number of carbonyl (C=O) groups is 2. The van der Waals surface area contributed by atoms with E-state index in [1.54, 1.807) is 13.1 Å². The number of carbonyl (C=O) groups excluding carboxylic acids is 2. The highest BCUT2D eigenvalue weighted by molar-refractivity contribution is 5.95. The highest BCUT2D eigenvalue weighted by Crippen LogP contribution is 2.29. The minimum Gasteiger partial charge on any atom is -0.347 e. The standard InChI is InChI=1S/C28H30F2N6O2/c1-17-11-21(14-35-19(3)13-31-26(17)35)28(38)34-10-9-23(22(15-34)20-7-5-4-6-8-20)32-27(37)24-12-18(2)33-36(24)16-25(29)30/h4-8,11-14,22-23,25H,9-10,15-16H2,1-3H3,(H,32,37)/t22-,23-/m1/s1. The van der Waals surface area contributed by atoms with E-state index in [2.05, 4.69) is 15.4 Å². The van der Waals surface area contributed by atoms with Gasteiger partial charge in [-0.1, -0.05) is 30.3 Å². The van der Waals surface area contributed by atoms with Crippen molar-refractivity contribution in [3.63, 3.8) is 0 Å². The van der Waals surface area contributed by atoms with Gasteiger partial charge in [-0.25, -0.2) is 13.8 Å². The van der Waals surface area contributed by atoms with Crippen LogP contribution in [-0.4, -0.2) is 61.4 Å². The third-order valence-corrected chi connectivity index (χ3v) is 7.11. The first-order chi connectivity index (χ1) is 18.2. The van der Waals surface area contributed by atoms with E-state index in [1.807, 2.05) is 65.7 Å². The predicted octanol–water partition coefficient (Wildman–Crippen LogP) is 4.15. The second-order valence-corrected chi connectivity index (χ2v) is 9.89. The molecule has 2 amide bonds. The number of fused-ring (bicyclic) bond motifs is 1. The zero-order valence-electron chi connectivity index (χ0n) is 21.6. The lowest BCUT2D eigenvalue weighted by Crippen LogP contribution is -2.51. The number of benzene rings is 1. The number of alkyl halides is 2. The first-order valence-electron chi connectivity index (χ1n) is 12.6. The fraction of sp³-hybridized carbons (Fsp3) is 0.357. The lowest BCUT2D eigenvalue weighted by molar-refractivity contribution is 0.0669. The molecule has 1 aliphatic heterocycles. The maximum Gasteiger partial charge on any atom is 0.269 e. The molecule has 0 aliphatic carbocycles. The molecule has 8 nitrogen and oxygen atoms in total. The highest BCUT2D eigenvalue weighted by atomic mass is 19.3. The molecule has 0 unspecified atom stereocenters. The van der Waals surface area contributed by atoms with Crippen molar-refractivity contribution in [2.24, 2.45) is 0 Å². The molecule has 10 heteroatoms. The van der Waals surface area contributed by atoms with E-state index in [4.69, 9.17) is 0 Å². The quantitative estimate of drug-likeness (QED) is 0.414. The summed E-state index contributed by atoms with van der Waals surface area (Å²) in [4.78, 5) is 33.1. The summed E-state index contributed by atoms with van der Waals surface area (Å²) in [5, 5.41) is 7.11. The van der Waals surface area contributed by atoms with Gasteiger partial charge in [0.15, 0.2) is 0 Å². The molecular formula is C28H30F2N6O2. The monoisotopic (exact) mass is 520 g/mol. The lowest BCUT2D eigenvalue weighted by atomic mass is 9.85. The number of nitrogens with zero attached hydrogens (tertiary/aromatic N) is 5. The van der Waals surface area contributed by atoms with Gasteiger partial charge in [0.05, 0.1) is 11.3 Å². The van der Waals surface area contributed by atoms with Gasteiger partial charge < -0.3 is 14.6 Å². The number of hydrogen-bond acceptors (Lipinski definition) is 4. The summed E-state index contributed by atoms with van der Waals surface area (Å²) in [5.74, 6) is -0.710. The van der Waals surface area contributed by atoms with E-state index in [-0.39, 0.29) is 23.6 Å². The van der Waals surface area contributed by atoms with Crippen molar-refractivity contribution in [1.82, 2.24) is 29.4 Å². The van der Waals surface area contributed by atoms with E-state index in [9.17, 15) is 18.4 Å². The second kappa shape index (κ2) is 10.4. The van der Waals surface area contributed by atoms with Gasteiger partial charge in [0.1, 0.15) is 17.9 Å². The molecule has 0 spiro atoms. The van der Waals surface area contributed by atoms with Crippen LogP contribution in [0.3, 0.4) is 0 Å². The molecule has 1 fully saturated rings. The fourth-order valence-corrected chi connectivity index (χ4v) is 5.26. The van der Waals surface area contributed by atoms with E-state index in [0.717, 1.165) is 27.1 Å². The van der Waals surface area contributed by atoms with Gasteiger partial charge in [-0.2, -0.15) is 5.10 Å². The topological polar surface area (TPSA) is 84.5 Å². The Bertz CT molecular complexity index is 1480. The minimum atomic E-state index is -2.62. The normalized spacial score (nSPS) is 17.8. The Morgan fingerprint density at radius 3 is 2.63 bits per heavy atom. The van der Waals surface area contributed by atoms with Gasteiger partial charge in [-0.3, -0.25) is 14.3 Å². The van der Waals surface area contributed by atoms with Crippen LogP contribution in [-0.2, 0) is 6.54 Å². The molecule has 4 aromatic rings. The molecule has 4 heterocycles. The van der Waals surface area contributed by atoms with E-state index in [0.29, 0.717) is 30.8 Å². The molecule has 3 aromatic heterocycles. The van der Waals surface area contributed by atoms with Gasteiger partial charge in [0.2, 0.25) is 0 Å². The zero-order valence-corrected chi connectivity index (χ0v) is 21.6. The Labute approximate surface area is 219 Å². The number of pyridine rings is 1. The molecule has 1 N–H and O–H groups in total. The summed E-state index contributed by atoms with van der Waals surface area (Å²) >= 11 is 0. The summed E-state index contributed by atoms with van der Waals surface area (Å²) in [7, 11) is 0. The van der Waals surface area contributed by atoms with Gasteiger partial charge >= 0.3 is 0 Å². The first-order valence-corrected chi connectivity index (χ1v) is 12.6. The van der Waals surface area contributed by atoms with Crippen LogP contribution in [0.25, 0.3) is 5.65 Å². The number of likely N-dealkylation sites (tertiary alicyclic amines) is 1. The summed E-state index contributed by atoms with van der Waals surface area (Å²) in [6.07, 6.45) is 1.50. The number of aryl methyl sites for hydroxylation is 3. The molecule has 0 saturated carbocycles. The third kappa shape index (κ3) is 5.03. The van der Waals surface area contributed by atoms with E-state index >= 15 is 0 Å². The Morgan fingerprint density at radius 1 is 1.13 bits per heavy atom. The smallest absolute Gasteiger partial charge is 0.269 e. The van der Waals surface area contributed by atoms with Crippen LogP contribution in [0.4, 0.5) is 8.78 Å². The van der Waals surface area contributed by atoms with Gasteiger partial charge in [0.25, 0.3) is 18.2 Å². The van der Waals surface area contributed by atoms with Crippen LogP contribution < -0.4 is 5.32 Å². The second-order valence-electron chi connectivity index (χ2n) is 9.89.